The van der Waals surface area contributed by atoms with Crippen molar-refractivity contribution in [3.8, 4) is 0 Å². The summed E-state index contributed by atoms with van der Waals surface area (Å²) in [6.45, 7) is 0.887. The van der Waals surface area contributed by atoms with Gasteiger partial charge < -0.3 is 15.2 Å². The molecule has 0 heterocycles. The van der Waals surface area contributed by atoms with Crippen LogP contribution in [0.15, 0.2) is 30.3 Å². The van der Waals surface area contributed by atoms with E-state index in [4.69, 9.17) is 4.74 Å². The highest BCUT2D eigenvalue weighted by Gasteiger charge is 2.08. The maximum absolute atomic E-state index is 11.5. The molecule has 18 heavy (non-hydrogen) atoms. The van der Waals surface area contributed by atoms with Crippen LogP contribution in [-0.4, -0.2) is 42.8 Å². The first kappa shape index (κ1) is 15.0. The molecule has 0 spiro atoms. The van der Waals surface area contributed by atoms with Gasteiger partial charge in [0.25, 0.3) is 0 Å². The third-order valence-corrected chi connectivity index (χ3v) is 3.26. The average molecular weight is 269 g/mol. The fourth-order valence-electron chi connectivity index (χ4n) is 1.36. The summed E-state index contributed by atoms with van der Waals surface area (Å²) in [6.07, 6.45) is -0.654. The van der Waals surface area contributed by atoms with E-state index in [1.807, 2.05) is 30.3 Å². The molecule has 1 aromatic carbocycles. The lowest BCUT2D eigenvalue weighted by Crippen LogP contribution is -2.29. The summed E-state index contributed by atoms with van der Waals surface area (Å²) in [6, 6.07) is 9.29. The van der Waals surface area contributed by atoms with Gasteiger partial charge in [-0.25, -0.2) is 0 Å². The Morgan fingerprint density at radius 3 is 2.83 bits per heavy atom. The second-order valence-electron chi connectivity index (χ2n) is 3.78. The number of nitrogens with one attached hydrogen (secondary N) is 1. The van der Waals surface area contributed by atoms with E-state index in [9.17, 15) is 9.90 Å². The summed E-state index contributed by atoms with van der Waals surface area (Å²) in [4.78, 5) is 11.5. The van der Waals surface area contributed by atoms with Crippen LogP contribution in [0.2, 0.25) is 0 Å². The smallest absolute Gasteiger partial charge is 0.230 e. The molecule has 0 aromatic heterocycles. The van der Waals surface area contributed by atoms with Crippen LogP contribution in [0.5, 0.6) is 0 Å². The molecule has 1 atom stereocenters. The first-order valence-corrected chi connectivity index (χ1v) is 6.96. The summed E-state index contributed by atoms with van der Waals surface area (Å²) >= 11 is 1.51. The fraction of sp³-hybridized carbons (Fsp3) is 0.462. The van der Waals surface area contributed by atoms with Crippen molar-refractivity contribution in [2.45, 2.75) is 6.10 Å². The van der Waals surface area contributed by atoms with E-state index >= 15 is 0 Å². The second-order valence-corrected chi connectivity index (χ2v) is 4.88. The van der Waals surface area contributed by atoms with E-state index in [0.717, 1.165) is 11.3 Å². The van der Waals surface area contributed by atoms with Crippen molar-refractivity contribution >= 4 is 17.7 Å². The number of aliphatic hydroxyl groups excluding tert-OH is 1. The lowest BCUT2D eigenvalue weighted by molar-refractivity contribution is -0.119. The van der Waals surface area contributed by atoms with Crippen LogP contribution in [0.1, 0.15) is 11.7 Å². The van der Waals surface area contributed by atoms with E-state index < -0.39 is 6.10 Å². The van der Waals surface area contributed by atoms with E-state index in [-0.39, 0.29) is 12.5 Å². The highest BCUT2D eigenvalue weighted by molar-refractivity contribution is 7.99. The van der Waals surface area contributed by atoms with Crippen molar-refractivity contribution in [3.63, 3.8) is 0 Å². The van der Waals surface area contributed by atoms with Crippen molar-refractivity contribution < 1.29 is 14.6 Å². The van der Waals surface area contributed by atoms with Gasteiger partial charge in [0.05, 0.1) is 18.5 Å². The van der Waals surface area contributed by atoms with Crippen LogP contribution in [-0.2, 0) is 9.53 Å². The standard InChI is InChI=1S/C13H19NO3S/c1-17-7-8-18-10-13(16)14-9-12(15)11-5-3-2-4-6-11/h2-6,12,15H,7-10H2,1H3,(H,14,16). The number of ether oxygens (including phenoxy) is 1. The normalized spacial score (nSPS) is 12.1. The minimum absolute atomic E-state index is 0.0638. The van der Waals surface area contributed by atoms with Gasteiger partial charge in [0, 0.05) is 19.4 Å². The lowest BCUT2D eigenvalue weighted by Gasteiger charge is -2.12. The molecule has 5 heteroatoms. The first-order valence-electron chi connectivity index (χ1n) is 5.80. The van der Waals surface area contributed by atoms with E-state index in [2.05, 4.69) is 5.32 Å². The molecule has 0 bridgehead atoms. The van der Waals surface area contributed by atoms with Gasteiger partial charge in [0.2, 0.25) is 5.91 Å². The van der Waals surface area contributed by atoms with Crippen LogP contribution in [0.3, 0.4) is 0 Å². The van der Waals surface area contributed by atoms with Crippen LogP contribution in [0.4, 0.5) is 0 Å². The fourth-order valence-corrected chi connectivity index (χ4v) is 2.08. The quantitative estimate of drug-likeness (QED) is 0.697. The largest absolute Gasteiger partial charge is 0.387 e. The Morgan fingerprint density at radius 2 is 2.17 bits per heavy atom. The Bertz CT molecular complexity index is 345. The molecular formula is C13H19NO3S. The van der Waals surface area contributed by atoms with E-state index in [1.165, 1.54) is 11.8 Å². The van der Waals surface area contributed by atoms with Gasteiger partial charge in [0.1, 0.15) is 0 Å². The Balaban J connectivity index is 2.18. The van der Waals surface area contributed by atoms with Gasteiger partial charge in [-0.05, 0) is 5.56 Å². The Kier molecular flexibility index (Phi) is 7.48. The highest BCUT2D eigenvalue weighted by Crippen LogP contribution is 2.10. The third kappa shape index (κ3) is 6.05. The van der Waals surface area contributed by atoms with Gasteiger partial charge in [-0.3, -0.25) is 4.79 Å². The predicted molar refractivity (Wildman–Crippen MR) is 73.6 cm³/mol. The molecule has 1 amide bonds. The van der Waals surface area contributed by atoms with E-state index in [1.54, 1.807) is 7.11 Å². The molecule has 0 saturated carbocycles. The molecule has 4 nitrogen and oxygen atoms in total. The number of benzene rings is 1. The number of hydrogen-bond acceptors (Lipinski definition) is 4. The van der Waals surface area contributed by atoms with Gasteiger partial charge in [-0.1, -0.05) is 30.3 Å². The first-order chi connectivity index (χ1) is 8.74. The third-order valence-electron chi connectivity index (χ3n) is 2.34. The van der Waals surface area contributed by atoms with Gasteiger partial charge in [0.15, 0.2) is 0 Å². The topological polar surface area (TPSA) is 58.6 Å². The molecule has 100 valence electrons. The summed E-state index contributed by atoms with van der Waals surface area (Å²) in [5, 5.41) is 12.5. The van der Waals surface area contributed by atoms with Crippen molar-refractivity contribution in [2.24, 2.45) is 0 Å². The number of thioether (sulfide) groups is 1. The van der Waals surface area contributed by atoms with Crippen LogP contribution >= 0.6 is 11.8 Å². The van der Waals surface area contributed by atoms with Gasteiger partial charge in [-0.15, -0.1) is 11.8 Å². The number of amides is 1. The maximum Gasteiger partial charge on any atom is 0.230 e. The summed E-state index contributed by atoms with van der Waals surface area (Å²) < 4.78 is 4.89. The summed E-state index contributed by atoms with van der Waals surface area (Å²) in [5.41, 5.74) is 0.810. The number of carbonyl (C=O) groups excluding carboxylic acids is 1. The van der Waals surface area contributed by atoms with Gasteiger partial charge >= 0.3 is 0 Å². The molecule has 0 aliphatic rings. The number of carbonyl (C=O) groups is 1. The van der Waals surface area contributed by atoms with Crippen molar-refractivity contribution in [1.29, 1.82) is 0 Å². The average Bonchev–Trinajstić information content (AvgIpc) is 2.42. The molecule has 0 fully saturated rings. The molecule has 0 saturated heterocycles. The van der Waals surface area contributed by atoms with Crippen LogP contribution in [0, 0.1) is 0 Å². The molecule has 1 aromatic rings. The Hall–Kier alpha value is -1.04. The number of rotatable bonds is 8. The number of aliphatic hydroxyl groups is 1. The zero-order valence-corrected chi connectivity index (χ0v) is 11.3. The molecule has 0 aliphatic carbocycles. The molecular weight excluding hydrogens is 250 g/mol. The zero-order valence-electron chi connectivity index (χ0n) is 10.5. The minimum Gasteiger partial charge on any atom is -0.387 e. The number of hydrogen-bond donors (Lipinski definition) is 2. The summed E-state index contributed by atoms with van der Waals surface area (Å²) in [7, 11) is 1.64. The zero-order chi connectivity index (χ0) is 13.2. The Labute approximate surface area is 112 Å². The lowest BCUT2D eigenvalue weighted by atomic mass is 10.1. The minimum atomic E-state index is -0.654. The maximum atomic E-state index is 11.5. The van der Waals surface area contributed by atoms with Crippen molar-refractivity contribution in [1.82, 2.24) is 5.32 Å². The number of methoxy groups -OCH3 is 1. The van der Waals surface area contributed by atoms with Crippen LogP contribution < -0.4 is 5.32 Å². The monoisotopic (exact) mass is 269 g/mol. The van der Waals surface area contributed by atoms with Crippen molar-refractivity contribution in [3.05, 3.63) is 35.9 Å². The molecule has 1 rings (SSSR count). The molecule has 1 unspecified atom stereocenters. The predicted octanol–water partition coefficient (Wildman–Crippen LogP) is 1.22. The SMILES string of the molecule is COCCSCC(=O)NCC(O)c1ccccc1. The van der Waals surface area contributed by atoms with E-state index in [0.29, 0.717) is 12.4 Å². The summed E-state index contributed by atoms with van der Waals surface area (Å²) in [5.74, 6) is 1.13. The molecule has 0 aliphatic heterocycles. The van der Waals surface area contributed by atoms with Crippen molar-refractivity contribution in [2.75, 3.05) is 31.8 Å². The Morgan fingerprint density at radius 1 is 1.44 bits per heavy atom. The van der Waals surface area contributed by atoms with Crippen LogP contribution in [0.25, 0.3) is 0 Å². The molecule has 0 radical (unpaired) electrons. The second kappa shape index (κ2) is 8.97. The molecule has 2 N–H and O–H groups in total. The highest BCUT2D eigenvalue weighted by atomic mass is 32.2. The van der Waals surface area contributed by atoms with Gasteiger partial charge in [-0.2, -0.15) is 0 Å².